The molecule has 2 heterocycles. The van der Waals surface area contributed by atoms with E-state index in [1.165, 1.54) is 5.69 Å². The van der Waals surface area contributed by atoms with Crippen molar-refractivity contribution in [2.45, 2.75) is 39.7 Å². The first kappa shape index (κ1) is 14.1. The fraction of sp³-hybridized carbons (Fsp3) is 0.429. The molecule has 0 aliphatic carbocycles. The third-order valence-corrected chi connectivity index (χ3v) is 4.18. The topological polar surface area (TPSA) is 56.7 Å². The van der Waals surface area contributed by atoms with Gasteiger partial charge in [0.15, 0.2) is 0 Å². The van der Waals surface area contributed by atoms with Crippen LogP contribution < -0.4 is 5.73 Å². The molecule has 2 aromatic heterocycles. The van der Waals surface area contributed by atoms with Gasteiger partial charge in [-0.15, -0.1) is 0 Å². The van der Waals surface area contributed by atoms with E-state index in [4.69, 9.17) is 5.73 Å². The van der Waals surface area contributed by atoms with Gasteiger partial charge < -0.3 is 5.73 Å². The first-order valence-corrected chi connectivity index (χ1v) is 7.39. The Labute approximate surface area is 122 Å². The minimum atomic E-state index is 0.810. The molecule has 19 heavy (non-hydrogen) atoms. The van der Waals surface area contributed by atoms with E-state index in [-0.39, 0.29) is 0 Å². The first-order valence-electron chi connectivity index (χ1n) is 6.59. The van der Waals surface area contributed by atoms with Crippen LogP contribution in [0.3, 0.4) is 0 Å². The lowest BCUT2D eigenvalue weighted by Gasteiger charge is -2.07. The van der Waals surface area contributed by atoms with Gasteiger partial charge in [-0.25, -0.2) is 0 Å². The number of nitrogens with zero attached hydrogens (tertiary/aromatic N) is 3. The van der Waals surface area contributed by atoms with Crippen molar-refractivity contribution in [3.8, 4) is 0 Å². The Morgan fingerprint density at radius 1 is 1.32 bits per heavy atom. The Bertz CT molecular complexity index is 563. The number of aromatic nitrogens is 3. The average Bonchev–Trinajstić information content (AvgIpc) is 2.74. The van der Waals surface area contributed by atoms with E-state index >= 15 is 0 Å². The van der Waals surface area contributed by atoms with Gasteiger partial charge in [0.2, 0.25) is 0 Å². The molecule has 2 aromatic rings. The predicted octanol–water partition coefficient (Wildman–Crippen LogP) is 2.99. The van der Waals surface area contributed by atoms with Gasteiger partial charge in [0.1, 0.15) is 0 Å². The number of pyridine rings is 1. The summed E-state index contributed by atoms with van der Waals surface area (Å²) >= 11 is 3.66. The van der Waals surface area contributed by atoms with Crippen molar-refractivity contribution in [2.75, 3.05) is 5.73 Å². The highest BCUT2D eigenvalue weighted by atomic mass is 79.9. The van der Waals surface area contributed by atoms with Crippen molar-refractivity contribution in [1.82, 2.24) is 14.8 Å². The lowest BCUT2D eigenvalue weighted by atomic mass is 10.1. The van der Waals surface area contributed by atoms with Crippen molar-refractivity contribution >= 4 is 21.6 Å². The van der Waals surface area contributed by atoms with Gasteiger partial charge in [0.05, 0.1) is 15.9 Å². The molecule has 0 saturated heterocycles. The number of aryl methyl sites for hydroxylation is 3. The maximum atomic E-state index is 5.95. The summed E-state index contributed by atoms with van der Waals surface area (Å²) in [5.41, 5.74) is 10.2. The molecule has 0 saturated carbocycles. The van der Waals surface area contributed by atoms with E-state index in [9.17, 15) is 0 Å². The second-order valence-corrected chi connectivity index (χ2v) is 5.24. The largest absolute Gasteiger partial charge is 0.398 e. The van der Waals surface area contributed by atoms with Crippen LogP contribution in [0.2, 0.25) is 0 Å². The summed E-state index contributed by atoms with van der Waals surface area (Å²) in [6, 6.07) is 1.85. The van der Waals surface area contributed by atoms with Crippen LogP contribution in [0.5, 0.6) is 0 Å². The van der Waals surface area contributed by atoms with Crippen LogP contribution in [0.1, 0.15) is 30.8 Å². The molecule has 0 aromatic carbocycles. The number of hydrogen-bond donors (Lipinski definition) is 1. The van der Waals surface area contributed by atoms with Crippen LogP contribution in [-0.2, 0) is 25.8 Å². The molecule has 0 spiro atoms. The van der Waals surface area contributed by atoms with Crippen LogP contribution in [0, 0.1) is 0 Å². The van der Waals surface area contributed by atoms with Gasteiger partial charge in [-0.3, -0.25) is 9.67 Å². The van der Waals surface area contributed by atoms with Gasteiger partial charge in [-0.2, -0.15) is 5.10 Å². The summed E-state index contributed by atoms with van der Waals surface area (Å²) in [6.07, 6.45) is 6.30. The zero-order valence-electron chi connectivity index (χ0n) is 11.4. The summed E-state index contributed by atoms with van der Waals surface area (Å²) < 4.78 is 3.20. The highest BCUT2D eigenvalue weighted by Gasteiger charge is 2.14. The highest BCUT2D eigenvalue weighted by molar-refractivity contribution is 9.10. The van der Waals surface area contributed by atoms with Crippen LogP contribution in [-0.4, -0.2) is 14.8 Å². The van der Waals surface area contributed by atoms with E-state index in [0.29, 0.717) is 0 Å². The minimum absolute atomic E-state index is 0.810. The summed E-state index contributed by atoms with van der Waals surface area (Å²) in [5, 5.41) is 4.60. The number of halogens is 1. The molecule has 0 unspecified atom stereocenters. The number of nitrogen functional groups attached to an aromatic ring is 1. The van der Waals surface area contributed by atoms with E-state index in [1.807, 2.05) is 12.3 Å². The van der Waals surface area contributed by atoms with E-state index in [0.717, 1.165) is 47.2 Å². The fourth-order valence-corrected chi connectivity index (χ4v) is 2.92. The highest BCUT2D eigenvalue weighted by Crippen LogP contribution is 2.24. The molecule has 5 heteroatoms. The van der Waals surface area contributed by atoms with E-state index in [1.54, 1.807) is 6.20 Å². The third kappa shape index (κ3) is 2.97. The average molecular weight is 323 g/mol. The number of nitrogens with two attached hydrogens (primary N) is 1. The molecule has 0 aliphatic rings. The minimum Gasteiger partial charge on any atom is -0.398 e. The normalized spacial score (nSPS) is 10.9. The number of rotatable bonds is 5. The Balaban J connectivity index is 2.20. The second kappa shape index (κ2) is 6.19. The van der Waals surface area contributed by atoms with Crippen LogP contribution in [0.25, 0.3) is 0 Å². The maximum Gasteiger partial charge on any atom is 0.0766 e. The molecule has 0 fully saturated rings. The van der Waals surface area contributed by atoms with Crippen LogP contribution >= 0.6 is 15.9 Å². The molecule has 2 rings (SSSR count). The summed E-state index contributed by atoms with van der Waals surface area (Å²) in [4.78, 5) is 4.13. The third-order valence-electron chi connectivity index (χ3n) is 3.27. The molecule has 0 bridgehead atoms. The zero-order valence-corrected chi connectivity index (χ0v) is 12.9. The van der Waals surface area contributed by atoms with Crippen LogP contribution in [0.4, 0.5) is 5.69 Å². The monoisotopic (exact) mass is 322 g/mol. The van der Waals surface area contributed by atoms with Gasteiger partial charge in [0.25, 0.3) is 0 Å². The van der Waals surface area contributed by atoms with Gasteiger partial charge in [-0.05, 0) is 53.7 Å². The summed E-state index contributed by atoms with van der Waals surface area (Å²) in [7, 11) is 0. The second-order valence-electron chi connectivity index (χ2n) is 4.45. The Morgan fingerprint density at radius 3 is 2.74 bits per heavy atom. The predicted molar refractivity (Wildman–Crippen MR) is 81.0 cm³/mol. The quantitative estimate of drug-likeness (QED) is 0.920. The first-order chi connectivity index (χ1) is 9.17. The molecular weight excluding hydrogens is 304 g/mol. The molecule has 0 aliphatic heterocycles. The molecule has 102 valence electrons. The molecule has 0 radical (unpaired) electrons. The standard InChI is InChI=1S/C14H19BrN4/c1-3-12-14(15)13(19(4-2)18-12)6-5-10-9-17-8-7-11(10)16/h7-9H,3-6H2,1-2H3,(H2,16,17). The smallest absolute Gasteiger partial charge is 0.0766 e. The Kier molecular flexibility index (Phi) is 4.58. The lowest BCUT2D eigenvalue weighted by molar-refractivity contribution is 0.610. The number of anilines is 1. The maximum absolute atomic E-state index is 5.95. The van der Waals surface area contributed by atoms with Crippen LogP contribution in [0.15, 0.2) is 22.9 Å². The Morgan fingerprint density at radius 2 is 2.11 bits per heavy atom. The van der Waals surface area contributed by atoms with E-state index < -0.39 is 0 Å². The molecular formula is C14H19BrN4. The van der Waals surface area contributed by atoms with Crippen molar-refractivity contribution in [1.29, 1.82) is 0 Å². The molecule has 0 amide bonds. The van der Waals surface area contributed by atoms with Crippen molar-refractivity contribution in [3.63, 3.8) is 0 Å². The zero-order chi connectivity index (χ0) is 13.8. The van der Waals surface area contributed by atoms with Gasteiger partial charge in [0, 0.05) is 24.6 Å². The molecule has 4 nitrogen and oxygen atoms in total. The van der Waals surface area contributed by atoms with Crippen molar-refractivity contribution < 1.29 is 0 Å². The molecule has 2 N–H and O–H groups in total. The fourth-order valence-electron chi connectivity index (χ4n) is 2.16. The number of hydrogen-bond acceptors (Lipinski definition) is 3. The summed E-state index contributed by atoms with van der Waals surface area (Å²) in [6.45, 7) is 5.12. The van der Waals surface area contributed by atoms with Crippen molar-refractivity contribution in [2.24, 2.45) is 0 Å². The molecule has 0 atom stereocenters. The van der Waals surface area contributed by atoms with Gasteiger partial charge in [-0.1, -0.05) is 6.92 Å². The SMILES string of the molecule is CCc1nn(CC)c(CCc2cnccc2N)c1Br. The summed E-state index contributed by atoms with van der Waals surface area (Å²) in [5.74, 6) is 0. The van der Waals surface area contributed by atoms with E-state index in [2.05, 4.69) is 44.5 Å². The van der Waals surface area contributed by atoms with Gasteiger partial charge >= 0.3 is 0 Å². The Hall–Kier alpha value is -1.36. The van der Waals surface area contributed by atoms with Crippen molar-refractivity contribution in [3.05, 3.63) is 39.9 Å². The lowest BCUT2D eigenvalue weighted by Crippen LogP contribution is -2.05.